The molecular weight excluding hydrogens is 298 g/mol. The van der Waals surface area contributed by atoms with Crippen LogP contribution in [0.2, 0.25) is 0 Å². The topological polar surface area (TPSA) is 36.4 Å². The van der Waals surface area contributed by atoms with E-state index in [1.165, 1.54) is 19.3 Å². The van der Waals surface area contributed by atoms with Gasteiger partial charge in [0.25, 0.3) is 5.91 Å². The van der Waals surface area contributed by atoms with Gasteiger partial charge in [-0.15, -0.1) is 0 Å². The molecule has 0 N–H and O–H groups in total. The summed E-state index contributed by atoms with van der Waals surface area (Å²) in [5.41, 5.74) is 2.49. The molecule has 0 bridgehead atoms. The molecule has 2 heterocycles. The number of amides is 1. The molecule has 3 rings (SSSR count). The summed E-state index contributed by atoms with van der Waals surface area (Å²) in [6.07, 6.45) is 6.62. The van der Waals surface area contributed by atoms with Crippen LogP contribution >= 0.6 is 0 Å². The minimum atomic E-state index is -0.0758. The van der Waals surface area contributed by atoms with E-state index in [-0.39, 0.29) is 5.91 Å². The largest absolute Gasteiger partial charge is 0.368 e. The normalized spacial score (nSPS) is 17.6. The fraction of sp³-hybridized carbons (Fsp3) is 0.400. The molecule has 1 aliphatic heterocycles. The van der Waals surface area contributed by atoms with Gasteiger partial charge in [0.2, 0.25) is 0 Å². The van der Waals surface area contributed by atoms with Gasteiger partial charge in [0.15, 0.2) is 0 Å². The van der Waals surface area contributed by atoms with Crippen molar-refractivity contribution in [3.63, 3.8) is 0 Å². The zero-order valence-corrected chi connectivity index (χ0v) is 14.5. The fourth-order valence-corrected chi connectivity index (χ4v) is 3.42. The van der Waals surface area contributed by atoms with Gasteiger partial charge in [-0.25, -0.2) is 0 Å². The Labute approximate surface area is 144 Å². The van der Waals surface area contributed by atoms with Gasteiger partial charge in [0.1, 0.15) is 5.69 Å². The highest BCUT2D eigenvalue weighted by atomic mass is 16.2. The van der Waals surface area contributed by atoms with E-state index in [1.807, 2.05) is 42.5 Å². The summed E-state index contributed by atoms with van der Waals surface area (Å²) < 4.78 is 0. The van der Waals surface area contributed by atoms with Gasteiger partial charge in [0.05, 0.1) is 0 Å². The Balaban J connectivity index is 1.83. The van der Waals surface area contributed by atoms with Gasteiger partial charge >= 0.3 is 0 Å². The molecule has 1 aromatic carbocycles. The third-order valence-electron chi connectivity index (χ3n) is 4.84. The number of hydrogen-bond donors (Lipinski definition) is 0. The highest BCUT2D eigenvalue weighted by Crippen LogP contribution is 2.27. The van der Waals surface area contributed by atoms with Crippen molar-refractivity contribution < 1.29 is 4.79 Å². The second-order valence-corrected chi connectivity index (χ2v) is 6.35. The lowest BCUT2D eigenvalue weighted by molar-refractivity contribution is 0.0988. The van der Waals surface area contributed by atoms with Crippen LogP contribution < -0.4 is 9.80 Å². The number of anilines is 2. The first-order valence-electron chi connectivity index (χ1n) is 8.76. The first kappa shape index (κ1) is 16.5. The highest BCUT2D eigenvalue weighted by Gasteiger charge is 2.22. The molecule has 4 nitrogen and oxygen atoms in total. The van der Waals surface area contributed by atoms with Crippen LogP contribution in [-0.4, -0.2) is 30.5 Å². The number of hydrogen-bond acceptors (Lipinski definition) is 3. The lowest BCUT2D eigenvalue weighted by Crippen LogP contribution is -2.39. The number of carbonyl (C=O) groups is 1. The second-order valence-electron chi connectivity index (χ2n) is 6.35. The molecule has 1 amide bonds. The predicted octanol–water partition coefficient (Wildman–Crippen LogP) is 4.13. The zero-order chi connectivity index (χ0) is 16.9. The predicted molar refractivity (Wildman–Crippen MR) is 98.7 cm³/mol. The summed E-state index contributed by atoms with van der Waals surface area (Å²) in [5, 5.41) is 0. The summed E-state index contributed by atoms with van der Waals surface area (Å²) in [6.45, 7) is 3.30. The first-order valence-corrected chi connectivity index (χ1v) is 8.76. The molecule has 0 aliphatic carbocycles. The van der Waals surface area contributed by atoms with E-state index >= 15 is 0 Å². The molecule has 0 radical (unpaired) electrons. The van der Waals surface area contributed by atoms with Crippen LogP contribution in [0.5, 0.6) is 0 Å². The summed E-state index contributed by atoms with van der Waals surface area (Å²) in [5.74, 6) is -0.0758. The molecule has 126 valence electrons. The maximum absolute atomic E-state index is 12.8. The van der Waals surface area contributed by atoms with E-state index in [9.17, 15) is 4.79 Å². The Hall–Kier alpha value is -2.36. The molecule has 1 aromatic heterocycles. The molecule has 24 heavy (non-hydrogen) atoms. The number of benzene rings is 1. The highest BCUT2D eigenvalue weighted by molar-refractivity contribution is 6.04. The lowest BCUT2D eigenvalue weighted by atomic mass is 9.99. The van der Waals surface area contributed by atoms with Crippen molar-refractivity contribution in [3.05, 3.63) is 54.4 Å². The number of rotatable bonds is 4. The number of nitrogens with zero attached hydrogens (tertiary/aromatic N) is 3. The molecule has 1 atom stereocenters. The molecular formula is C20H25N3O. The van der Waals surface area contributed by atoms with Crippen molar-refractivity contribution in [1.82, 2.24) is 4.98 Å². The van der Waals surface area contributed by atoms with E-state index in [2.05, 4.69) is 16.8 Å². The van der Waals surface area contributed by atoms with Crippen molar-refractivity contribution in [1.29, 1.82) is 0 Å². The number of aromatic nitrogens is 1. The van der Waals surface area contributed by atoms with Crippen LogP contribution in [0.25, 0.3) is 0 Å². The van der Waals surface area contributed by atoms with Crippen LogP contribution in [0.4, 0.5) is 11.4 Å². The van der Waals surface area contributed by atoms with Crippen molar-refractivity contribution in [2.24, 2.45) is 0 Å². The monoisotopic (exact) mass is 323 g/mol. The summed E-state index contributed by atoms with van der Waals surface area (Å²) >= 11 is 0. The SMILES string of the molecule is CCC1CCCCN1c1ccnc(C(=O)N(C)c2ccccc2)c1. The summed E-state index contributed by atoms with van der Waals surface area (Å²) in [4.78, 5) is 21.2. The van der Waals surface area contributed by atoms with Crippen LogP contribution in [0.1, 0.15) is 43.1 Å². The molecule has 2 aromatic rings. The maximum atomic E-state index is 12.8. The third-order valence-corrected chi connectivity index (χ3v) is 4.84. The minimum absolute atomic E-state index is 0.0758. The summed E-state index contributed by atoms with van der Waals surface area (Å²) in [7, 11) is 1.79. The van der Waals surface area contributed by atoms with Gasteiger partial charge in [-0.05, 0) is 49.9 Å². The first-order chi connectivity index (χ1) is 11.7. The molecule has 1 fully saturated rings. The summed E-state index contributed by atoms with van der Waals surface area (Å²) in [6, 6.07) is 14.2. The maximum Gasteiger partial charge on any atom is 0.276 e. The molecule has 4 heteroatoms. The van der Waals surface area contributed by atoms with Crippen molar-refractivity contribution in [3.8, 4) is 0 Å². The average molecular weight is 323 g/mol. The quantitative estimate of drug-likeness (QED) is 0.849. The van der Waals surface area contributed by atoms with E-state index in [0.29, 0.717) is 11.7 Å². The molecule has 1 saturated heterocycles. The molecule has 0 spiro atoms. The van der Waals surface area contributed by atoms with Gasteiger partial charge in [0, 0.05) is 37.2 Å². The van der Waals surface area contributed by atoms with E-state index < -0.39 is 0 Å². The van der Waals surface area contributed by atoms with Crippen molar-refractivity contribution in [2.75, 3.05) is 23.4 Å². The van der Waals surface area contributed by atoms with E-state index in [1.54, 1.807) is 18.1 Å². The standard InChI is InChI=1S/C20H25N3O/c1-3-16-9-7-8-14-23(16)18-12-13-21-19(15-18)20(24)22(2)17-10-5-4-6-11-17/h4-6,10-13,15-16H,3,7-9,14H2,1-2H3. The lowest BCUT2D eigenvalue weighted by Gasteiger charge is -2.37. The Kier molecular flexibility index (Phi) is 5.14. The fourth-order valence-electron chi connectivity index (χ4n) is 3.42. The Morgan fingerprint density at radius 2 is 2.04 bits per heavy atom. The molecule has 0 saturated carbocycles. The second kappa shape index (κ2) is 7.47. The minimum Gasteiger partial charge on any atom is -0.368 e. The third kappa shape index (κ3) is 3.42. The van der Waals surface area contributed by atoms with Gasteiger partial charge in [-0.2, -0.15) is 0 Å². The Bertz CT molecular complexity index is 686. The van der Waals surface area contributed by atoms with Crippen LogP contribution in [0.15, 0.2) is 48.7 Å². The number of carbonyl (C=O) groups excluding carboxylic acids is 1. The number of para-hydroxylation sites is 1. The zero-order valence-electron chi connectivity index (χ0n) is 14.5. The van der Waals surface area contributed by atoms with Crippen molar-refractivity contribution in [2.45, 2.75) is 38.6 Å². The van der Waals surface area contributed by atoms with Gasteiger partial charge in [-0.3, -0.25) is 9.78 Å². The van der Waals surface area contributed by atoms with Crippen LogP contribution in [-0.2, 0) is 0 Å². The smallest absolute Gasteiger partial charge is 0.276 e. The molecule has 1 unspecified atom stereocenters. The number of piperidine rings is 1. The van der Waals surface area contributed by atoms with Gasteiger partial charge in [-0.1, -0.05) is 25.1 Å². The van der Waals surface area contributed by atoms with Crippen LogP contribution in [0, 0.1) is 0 Å². The average Bonchev–Trinajstić information content (AvgIpc) is 2.67. The Morgan fingerprint density at radius 1 is 1.25 bits per heavy atom. The molecule has 1 aliphatic rings. The van der Waals surface area contributed by atoms with E-state index in [0.717, 1.165) is 24.3 Å². The van der Waals surface area contributed by atoms with E-state index in [4.69, 9.17) is 0 Å². The van der Waals surface area contributed by atoms with Crippen LogP contribution in [0.3, 0.4) is 0 Å². The van der Waals surface area contributed by atoms with Gasteiger partial charge < -0.3 is 9.80 Å². The Morgan fingerprint density at radius 3 is 2.79 bits per heavy atom. The van der Waals surface area contributed by atoms with Crippen molar-refractivity contribution >= 4 is 17.3 Å². The number of pyridine rings is 1.